The van der Waals surface area contributed by atoms with Crippen molar-refractivity contribution >= 4 is 5.91 Å². The number of carbonyl (C=O) groups excluding carboxylic acids is 1. The fraction of sp³-hybridized carbons (Fsp3) is 0.444. The van der Waals surface area contributed by atoms with E-state index in [1.165, 1.54) is 11.1 Å². The van der Waals surface area contributed by atoms with Gasteiger partial charge in [0, 0.05) is 25.2 Å². The van der Waals surface area contributed by atoms with Gasteiger partial charge in [0.05, 0.1) is 11.6 Å². The van der Waals surface area contributed by atoms with Crippen molar-refractivity contribution in [3.05, 3.63) is 53.1 Å². The first-order valence-electron chi connectivity index (χ1n) is 8.11. The van der Waals surface area contributed by atoms with E-state index in [9.17, 15) is 4.79 Å². The van der Waals surface area contributed by atoms with Gasteiger partial charge in [-0.1, -0.05) is 24.3 Å². The number of benzene rings is 1. The standard InChI is InChI=1S/C18H21N3O/c1-12-10-21-11-14(7-9-17(21)19-12)20-18(22)16-8-6-13-4-2-3-5-15(13)16/h2-5,10,14,16H,6-9,11H2,1H3,(H,20,22)/t14-,16+/m0/s1. The summed E-state index contributed by atoms with van der Waals surface area (Å²) < 4.78 is 2.19. The minimum Gasteiger partial charge on any atom is -0.351 e. The molecule has 1 aliphatic carbocycles. The van der Waals surface area contributed by atoms with Crippen molar-refractivity contribution in [3.8, 4) is 0 Å². The van der Waals surface area contributed by atoms with Crippen molar-refractivity contribution in [2.24, 2.45) is 0 Å². The average Bonchev–Trinajstić information content (AvgIpc) is 3.09. The smallest absolute Gasteiger partial charge is 0.227 e. The number of nitrogens with one attached hydrogen (secondary N) is 1. The first-order valence-corrected chi connectivity index (χ1v) is 8.11. The second-order valence-corrected chi connectivity index (χ2v) is 6.49. The van der Waals surface area contributed by atoms with Crippen LogP contribution in [0.3, 0.4) is 0 Å². The Bertz CT molecular complexity index is 719. The molecule has 1 aromatic carbocycles. The molecule has 0 fully saturated rings. The van der Waals surface area contributed by atoms with E-state index >= 15 is 0 Å². The van der Waals surface area contributed by atoms with Gasteiger partial charge in [-0.25, -0.2) is 4.98 Å². The number of nitrogens with zero attached hydrogens (tertiary/aromatic N) is 2. The van der Waals surface area contributed by atoms with E-state index < -0.39 is 0 Å². The Hall–Kier alpha value is -2.10. The zero-order chi connectivity index (χ0) is 15.1. The Morgan fingerprint density at radius 1 is 1.27 bits per heavy atom. The normalized spacial score (nSPS) is 23.0. The lowest BCUT2D eigenvalue weighted by molar-refractivity contribution is -0.123. The number of rotatable bonds is 2. The van der Waals surface area contributed by atoms with Crippen LogP contribution in [-0.4, -0.2) is 21.5 Å². The van der Waals surface area contributed by atoms with Gasteiger partial charge in [0.25, 0.3) is 0 Å². The van der Waals surface area contributed by atoms with Crippen LogP contribution in [0, 0.1) is 6.92 Å². The Morgan fingerprint density at radius 2 is 2.14 bits per heavy atom. The molecule has 2 atom stereocenters. The van der Waals surface area contributed by atoms with Crippen molar-refractivity contribution in [3.63, 3.8) is 0 Å². The third kappa shape index (κ3) is 2.32. The topological polar surface area (TPSA) is 46.9 Å². The monoisotopic (exact) mass is 295 g/mol. The van der Waals surface area contributed by atoms with Crippen LogP contribution < -0.4 is 5.32 Å². The van der Waals surface area contributed by atoms with Crippen molar-refractivity contribution in [2.75, 3.05) is 0 Å². The maximum Gasteiger partial charge on any atom is 0.227 e. The van der Waals surface area contributed by atoms with E-state index in [1.807, 2.05) is 13.0 Å². The van der Waals surface area contributed by atoms with Crippen LogP contribution in [0.25, 0.3) is 0 Å². The zero-order valence-electron chi connectivity index (χ0n) is 12.9. The summed E-state index contributed by atoms with van der Waals surface area (Å²) in [7, 11) is 0. The molecule has 114 valence electrons. The third-order valence-corrected chi connectivity index (χ3v) is 4.91. The summed E-state index contributed by atoms with van der Waals surface area (Å²) >= 11 is 0. The molecule has 1 N–H and O–H groups in total. The van der Waals surface area contributed by atoms with Gasteiger partial charge >= 0.3 is 0 Å². The van der Waals surface area contributed by atoms with Crippen LogP contribution in [0.1, 0.15) is 41.4 Å². The fourth-order valence-corrected chi connectivity index (χ4v) is 3.84. The van der Waals surface area contributed by atoms with Gasteiger partial charge in [0.2, 0.25) is 5.91 Å². The molecule has 0 saturated carbocycles. The van der Waals surface area contributed by atoms with E-state index in [-0.39, 0.29) is 17.9 Å². The van der Waals surface area contributed by atoms with E-state index in [2.05, 4.69) is 39.3 Å². The summed E-state index contributed by atoms with van der Waals surface area (Å²) in [6.07, 6.45) is 5.96. The lowest BCUT2D eigenvalue weighted by Crippen LogP contribution is -2.42. The van der Waals surface area contributed by atoms with E-state index in [0.29, 0.717) is 0 Å². The van der Waals surface area contributed by atoms with Crippen LogP contribution in [0.15, 0.2) is 30.5 Å². The van der Waals surface area contributed by atoms with Crippen LogP contribution in [0.2, 0.25) is 0 Å². The van der Waals surface area contributed by atoms with Gasteiger partial charge in [0.1, 0.15) is 5.82 Å². The summed E-state index contributed by atoms with van der Waals surface area (Å²) in [6.45, 7) is 2.87. The maximum absolute atomic E-state index is 12.7. The molecule has 0 spiro atoms. The van der Waals surface area contributed by atoms with Crippen molar-refractivity contribution in [2.45, 2.75) is 51.1 Å². The molecule has 4 nitrogen and oxygen atoms in total. The number of amides is 1. The summed E-state index contributed by atoms with van der Waals surface area (Å²) in [4.78, 5) is 17.2. The molecule has 2 aliphatic rings. The molecular formula is C18H21N3O. The van der Waals surface area contributed by atoms with Gasteiger partial charge in [-0.2, -0.15) is 0 Å². The van der Waals surface area contributed by atoms with E-state index in [0.717, 1.165) is 43.7 Å². The molecule has 0 unspecified atom stereocenters. The summed E-state index contributed by atoms with van der Waals surface area (Å²) in [5.74, 6) is 1.37. The fourth-order valence-electron chi connectivity index (χ4n) is 3.84. The predicted molar refractivity (Wildman–Crippen MR) is 84.7 cm³/mol. The highest BCUT2D eigenvalue weighted by Crippen LogP contribution is 2.33. The van der Waals surface area contributed by atoms with Gasteiger partial charge in [-0.15, -0.1) is 0 Å². The highest BCUT2D eigenvalue weighted by molar-refractivity contribution is 5.85. The van der Waals surface area contributed by atoms with Gasteiger partial charge < -0.3 is 9.88 Å². The molecule has 22 heavy (non-hydrogen) atoms. The number of hydrogen-bond acceptors (Lipinski definition) is 2. The average molecular weight is 295 g/mol. The lowest BCUT2D eigenvalue weighted by Gasteiger charge is -2.26. The SMILES string of the molecule is Cc1cn2c(n1)CC[C@H](NC(=O)[C@@H]1CCc3ccccc31)C2. The van der Waals surface area contributed by atoms with Crippen molar-refractivity contribution < 1.29 is 4.79 Å². The Kier molecular flexibility index (Phi) is 3.25. The molecule has 1 amide bonds. The number of imidazole rings is 1. The highest BCUT2D eigenvalue weighted by atomic mass is 16.2. The second kappa shape index (κ2) is 5.27. The van der Waals surface area contributed by atoms with Crippen LogP contribution in [-0.2, 0) is 24.2 Å². The molecule has 2 heterocycles. The van der Waals surface area contributed by atoms with Crippen molar-refractivity contribution in [1.29, 1.82) is 0 Å². The molecule has 4 rings (SSSR count). The number of hydrogen-bond donors (Lipinski definition) is 1. The molecule has 0 saturated heterocycles. The van der Waals surface area contributed by atoms with E-state index in [1.54, 1.807) is 0 Å². The summed E-state index contributed by atoms with van der Waals surface area (Å²) in [5, 5.41) is 3.26. The first-order chi connectivity index (χ1) is 10.7. The Labute approximate surface area is 130 Å². The van der Waals surface area contributed by atoms with Crippen LogP contribution >= 0.6 is 0 Å². The zero-order valence-corrected chi connectivity index (χ0v) is 12.9. The van der Waals surface area contributed by atoms with Crippen LogP contribution in [0.4, 0.5) is 0 Å². The molecule has 2 aromatic rings. The quantitative estimate of drug-likeness (QED) is 0.924. The summed E-state index contributed by atoms with van der Waals surface area (Å²) in [6, 6.07) is 8.56. The van der Waals surface area contributed by atoms with Gasteiger partial charge in [0.15, 0.2) is 0 Å². The molecule has 0 bridgehead atoms. The van der Waals surface area contributed by atoms with E-state index in [4.69, 9.17) is 0 Å². The largest absolute Gasteiger partial charge is 0.351 e. The minimum atomic E-state index is 0.0297. The number of aromatic nitrogens is 2. The molecule has 1 aromatic heterocycles. The third-order valence-electron chi connectivity index (χ3n) is 4.91. The molecule has 0 radical (unpaired) electrons. The Morgan fingerprint density at radius 3 is 3.05 bits per heavy atom. The Balaban J connectivity index is 1.45. The van der Waals surface area contributed by atoms with Gasteiger partial charge in [-0.3, -0.25) is 4.79 Å². The van der Waals surface area contributed by atoms with Crippen LogP contribution in [0.5, 0.6) is 0 Å². The summed E-state index contributed by atoms with van der Waals surface area (Å²) in [5.41, 5.74) is 3.61. The van der Waals surface area contributed by atoms with Gasteiger partial charge in [-0.05, 0) is 37.3 Å². The highest BCUT2D eigenvalue weighted by Gasteiger charge is 2.30. The second-order valence-electron chi connectivity index (χ2n) is 6.49. The maximum atomic E-state index is 12.7. The predicted octanol–water partition coefficient (Wildman–Crippen LogP) is 2.35. The number of carbonyl (C=O) groups is 1. The molecular weight excluding hydrogens is 274 g/mol. The molecule has 1 aliphatic heterocycles. The minimum absolute atomic E-state index is 0.0297. The number of fused-ring (bicyclic) bond motifs is 2. The molecule has 4 heteroatoms. The first kappa shape index (κ1) is 13.6. The lowest BCUT2D eigenvalue weighted by atomic mass is 9.99. The van der Waals surface area contributed by atoms with Crippen molar-refractivity contribution in [1.82, 2.24) is 14.9 Å². The number of aryl methyl sites for hydroxylation is 3.